The van der Waals surface area contributed by atoms with E-state index < -0.39 is 51.3 Å². The Morgan fingerprint density at radius 3 is 1.86 bits per heavy atom. The van der Waals surface area contributed by atoms with Gasteiger partial charge in [-0.2, -0.15) is 36.6 Å². The zero-order valence-corrected chi connectivity index (χ0v) is 17.1. The second kappa shape index (κ2) is 9.40. The normalized spacial score (nSPS) is 12.1. The second-order valence-electron chi connectivity index (χ2n) is 6.92. The number of alkyl halides is 6. The minimum absolute atomic E-state index is 0.00803. The summed E-state index contributed by atoms with van der Waals surface area (Å²) in [6.07, 6.45) is -10.2. The summed E-state index contributed by atoms with van der Waals surface area (Å²) in [6, 6.07) is 8.74. The van der Waals surface area contributed by atoms with Gasteiger partial charge in [0.1, 0.15) is 5.75 Å². The van der Waals surface area contributed by atoms with Crippen LogP contribution in [0.4, 0.5) is 49.1 Å². The number of hydrogen-bond acceptors (Lipinski definition) is 6. The third-order valence-corrected chi connectivity index (χ3v) is 4.41. The van der Waals surface area contributed by atoms with Crippen molar-refractivity contribution in [3.05, 3.63) is 87.5 Å². The first-order chi connectivity index (χ1) is 16.2. The molecule has 0 saturated heterocycles. The van der Waals surface area contributed by atoms with Gasteiger partial charge in [-0.15, -0.1) is 0 Å². The standard InChI is InChI=1S/C21H12F6N4O4/c22-20(23,24)11-7-12(21(25,26)27)9-15(8-11)28-19(33)17-10-14(3-6-18(17)32)30-29-13-1-4-16(5-2-13)31(34)35/h1-10,32H,(H,28,33). The molecule has 0 aliphatic heterocycles. The summed E-state index contributed by atoms with van der Waals surface area (Å²) >= 11 is 0. The van der Waals surface area contributed by atoms with Crippen molar-refractivity contribution in [3.63, 3.8) is 0 Å². The number of azo groups is 1. The Bertz CT molecular complexity index is 1270. The number of non-ortho nitro benzene ring substituents is 1. The fraction of sp³-hybridized carbons (Fsp3) is 0.0952. The van der Waals surface area contributed by atoms with Crippen LogP contribution in [-0.2, 0) is 12.4 Å². The minimum Gasteiger partial charge on any atom is -0.507 e. The van der Waals surface area contributed by atoms with Crippen LogP contribution in [0, 0.1) is 10.1 Å². The van der Waals surface area contributed by atoms with Crippen molar-refractivity contribution < 1.29 is 41.2 Å². The van der Waals surface area contributed by atoms with Crippen LogP contribution in [0.2, 0.25) is 0 Å². The average Bonchev–Trinajstić information content (AvgIpc) is 2.77. The van der Waals surface area contributed by atoms with Gasteiger partial charge in [0.25, 0.3) is 11.6 Å². The van der Waals surface area contributed by atoms with E-state index >= 15 is 0 Å². The minimum atomic E-state index is -5.11. The fourth-order valence-electron chi connectivity index (χ4n) is 2.75. The lowest BCUT2D eigenvalue weighted by molar-refractivity contribution is -0.384. The van der Waals surface area contributed by atoms with Gasteiger partial charge in [0.05, 0.1) is 33.0 Å². The Balaban J connectivity index is 1.87. The van der Waals surface area contributed by atoms with Crippen molar-refractivity contribution in [2.45, 2.75) is 12.4 Å². The Morgan fingerprint density at radius 1 is 0.829 bits per heavy atom. The van der Waals surface area contributed by atoms with Gasteiger partial charge in [-0.1, -0.05) is 0 Å². The van der Waals surface area contributed by atoms with Gasteiger partial charge in [0.2, 0.25) is 0 Å². The Kier molecular flexibility index (Phi) is 6.75. The molecule has 0 bridgehead atoms. The number of nitrogens with zero attached hydrogens (tertiary/aromatic N) is 3. The fourth-order valence-corrected chi connectivity index (χ4v) is 2.75. The topological polar surface area (TPSA) is 117 Å². The molecule has 0 unspecified atom stereocenters. The first kappa shape index (κ1) is 25.1. The van der Waals surface area contributed by atoms with Crippen molar-refractivity contribution in [1.29, 1.82) is 0 Å². The zero-order chi connectivity index (χ0) is 26.0. The Morgan fingerprint density at radius 2 is 1.34 bits per heavy atom. The van der Waals surface area contributed by atoms with E-state index in [1.807, 2.05) is 5.32 Å². The van der Waals surface area contributed by atoms with E-state index in [9.17, 15) is 46.4 Å². The van der Waals surface area contributed by atoms with E-state index in [0.717, 1.165) is 12.1 Å². The maximum absolute atomic E-state index is 13.0. The highest BCUT2D eigenvalue weighted by Crippen LogP contribution is 2.38. The number of anilines is 1. The molecular formula is C21H12F6N4O4. The van der Waals surface area contributed by atoms with E-state index in [2.05, 4.69) is 10.2 Å². The van der Waals surface area contributed by atoms with Crippen molar-refractivity contribution in [2.24, 2.45) is 10.2 Å². The van der Waals surface area contributed by atoms with Gasteiger partial charge in [-0.3, -0.25) is 14.9 Å². The first-order valence-electron chi connectivity index (χ1n) is 9.34. The molecule has 8 nitrogen and oxygen atoms in total. The molecule has 0 saturated carbocycles. The monoisotopic (exact) mass is 498 g/mol. The molecule has 0 radical (unpaired) electrons. The van der Waals surface area contributed by atoms with Gasteiger partial charge in [-0.05, 0) is 48.5 Å². The van der Waals surface area contributed by atoms with Crippen LogP contribution >= 0.6 is 0 Å². The molecule has 3 rings (SSSR count). The van der Waals surface area contributed by atoms with E-state index in [-0.39, 0.29) is 23.1 Å². The number of carbonyl (C=O) groups is 1. The maximum Gasteiger partial charge on any atom is 0.416 e. The molecule has 0 heterocycles. The number of benzene rings is 3. The molecule has 3 aromatic rings. The summed E-state index contributed by atoms with van der Waals surface area (Å²) in [4.78, 5) is 22.6. The molecule has 3 aromatic carbocycles. The number of amides is 1. The average molecular weight is 498 g/mol. The summed E-state index contributed by atoms with van der Waals surface area (Å²) in [5, 5.41) is 30.1. The third kappa shape index (κ3) is 6.31. The van der Waals surface area contributed by atoms with Gasteiger partial charge < -0.3 is 10.4 Å². The van der Waals surface area contributed by atoms with Gasteiger partial charge >= 0.3 is 12.4 Å². The third-order valence-electron chi connectivity index (χ3n) is 4.41. The predicted molar refractivity (Wildman–Crippen MR) is 110 cm³/mol. The van der Waals surface area contributed by atoms with Gasteiger partial charge in [0.15, 0.2) is 0 Å². The van der Waals surface area contributed by atoms with Crippen LogP contribution in [0.3, 0.4) is 0 Å². The Hall–Kier alpha value is -4.49. The van der Waals surface area contributed by atoms with Crippen molar-refractivity contribution >= 4 is 28.7 Å². The number of nitro benzene ring substituents is 1. The number of phenols is 1. The van der Waals surface area contributed by atoms with E-state index in [1.165, 1.54) is 30.3 Å². The molecule has 0 atom stereocenters. The molecule has 2 N–H and O–H groups in total. The van der Waals surface area contributed by atoms with E-state index in [0.29, 0.717) is 12.1 Å². The largest absolute Gasteiger partial charge is 0.507 e. The van der Waals surface area contributed by atoms with Crippen molar-refractivity contribution in [1.82, 2.24) is 0 Å². The molecule has 0 fully saturated rings. The molecule has 14 heteroatoms. The quantitative estimate of drug-likeness (QED) is 0.170. The Labute approximate surface area is 191 Å². The number of hydrogen-bond donors (Lipinski definition) is 2. The highest BCUT2D eigenvalue weighted by Gasteiger charge is 2.37. The highest BCUT2D eigenvalue weighted by molar-refractivity contribution is 6.06. The summed E-state index contributed by atoms with van der Waals surface area (Å²) in [7, 11) is 0. The molecule has 0 aliphatic carbocycles. The van der Waals surface area contributed by atoms with Crippen LogP contribution in [0.5, 0.6) is 5.75 Å². The van der Waals surface area contributed by atoms with E-state index in [4.69, 9.17) is 0 Å². The van der Waals surface area contributed by atoms with Crippen LogP contribution in [0.1, 0.15) is 21.5 Å². The zero-order valence-electron chi connectivity index (χ0n) is 17.1. The van der Waals surface area contributed by atoms with Crippen LogP contribution in [-0.4, -0.2) is 15.9 Å². The molecule has 1 amide bonds. The van der Waals surface area contributed by atoms with Crippen LogP contribution in [0.15, 0.2) is 70.9 Å². The molecule has 35 heavy (non-hydrogen) atoms. The maximum atomic E-state index is 13.0. The number of rotatable bonds is 5. The lowest BCUT2D eigenvalue weighted by atomic mass is 10.1. The van der Waals surface area contributed by atoms with Crippen LogP contribution in [0.25, 0.3) is 0 Å². The lowest BCUT2D eigenvalue weighted by Crippen LogP contribution is -2.16. The number of carbonyl (C=O) groups excluding carboxylic acids is 1. The molecule has 0 spiro atoms. The molecule has 182 valence electrons. The number of aromatic hydroxyl groups is 1. The summed E-state index contributed by atoms with van der Waals surface area (Å²) in [6.45, 7) is 0. The van der Waals surface area contributed by atoms with Gasteiger partial charge in [0, 0.05) is 17.8 Å². The van der Waals surface area contributed by atoms with E-state index in [1.54, 1.807) is 0 Å². The molecule has 0 aliphatic rings. The first-order valence-corrected chi connectivity index (χ1v) is 9.34. The lowest BCUT2D eigenvalue weighted by Gasteiger charge is -2.15. The SMILES string of the molecule is O=C(Nc1cc(C(F)(F)F)cc(C(F)(F)F)c1)c1cc(N=Nc2ccc([N+](=O)[O-])cc2)ccc1O. The molecule has 0 aromatic heterocycles. The predicted octanol–water partition coefficient (Wildman–Crippen LogP) is 7.01. The number of halogens is 6. The summed E-state index contributed by atoms with van der Waals surface area (Å²) in [5.74, 6) is -1.83. The molecular weight excluding hydrogens is 486 g/mol. The van der Waals surface area contributed by atoms with Crippen molar-refractivity contribution in [3.8, 4) is 5.75 Å². The number of nitro groups is 1. The number of phenolic OH excluding ortho intramolecular Hbond substituents is 1. The second-order valence-corrected chi connectivity index (χ2v) is 6.92. The highest BCUT2D eigenvalue weighted by atomic mass is 19.4. The summed E-state index contributed by atoms with van der Waals surface area (Å²) < 4.78 is 78.1. The smallest absolute Gasteiger partial charge is 0.416 e. The van der Waals surface area contributed by atoms with Gasteiger partial charge in [-0.25, -0.2) is 0 Å². The van der Waals surface area contributed by atoms with Crippen LogP contribution < -0.4 is 5.32 Å². The van der Waals surface area contributed by atoms with Crippen molar-refractivity contribution in [2.75, 3.05) is 5.32 Å². The number of nitrogens with one attached hydrogen (secondary N) is 1. The summed E-state index contributed by atoms with van der Waals surface area (Å²) in [5.41, 5.74) is -4.54.